The monoisotopic (exact) mass is 404 g/mol. The number of anilines is 1. The van der Waals surface area contributed by atoms with E-state index in [9.17, 15) is 9.59 Å². The van der Waals surface area contributed by atoms with E-state index in [1.165, 1.54) is 12.8 Å². The molecule has 2 amide bonds. The third-order valence-corrected chi connectivity index (χ3v) is 5.30. The molecule has 0 radical (unpaired) electrons. The second-order valence-electron chi connectivity index (χ2n) is 7.61. The van der Waals surface area contributed by atoms with Gasteiger partial charge in [0, 0.05) is 22.7 Å². The molecule has 0 unspecified atom stereocenters. The van der Waals surface area contributed by atoms with Gasteiger partial charge in [0.05, 0.1) is 6.54 Å². The minimum Gasteiger partial charge on any atom is -0.343 e. The Hall–Kier alpha value is -3.48. The molecule has 30 heavy (non-hydrogen) atoms. The molecule has 0 atom stereocenters. The Bertz CT molecular complexity index is 1020. The normalized spacial score (nSPS) is 13.9. The summed E-state index contributed by atoms with van der Waals surface area (Å²) in [5, 5.41) is 9.45. The van der Waals surface area contributed by atoms with E-state index in [2.05, 4.69) is 20.8 Å². The Kier molecular flexibility index (Phi) is 5.88. The van der Waals surface area contributed by atoms with Crippen LogP contribution in [-0.2, 0) is 4.79 Å². The number of nitrogens with zero attached hydrogens (tertiary/aromatic N) is 2. The first kappa shape index (κ1) is 19.8. The Morgan fingerprint density at radius 2 is 1.73 bits per heavy atom. The molecule has 2 aromatic carbocycles. The summed E-state index contributed by atoms with van der Waals surface area (Å²) in [6.45, 7) is 1.87. The lowest BCUT2D eigenvalue weighted by Crippen LogP contribution is -2.32. The minimum absolute atomic E-state index is 0.107. The molecule has 0 aliphatic heterocycles. The van der Waals surface area contributed by atoms with Crippen molar-refractivity contribution in [2.24, 2.45) is 0 Å². The number of carbonyl (C=O) groups is 2. The zero-order chi connectivity index (χ0) is 20.9. The molecule has 154 valence electrons. The van der Waals surface area contributed by atoms with Gasteiger partial charge in [0.2, 0.25) is 17.6 Å². The van der Waals surface area contributed by atoms with Gasteiger partial charge in [0.1, 0.15) is 0 Å². The Labute approximate surface area is 174 Å². The fraction of sp³-hybridized carbons (Fsp3) is 0.304. The first-order valence-corrected chi connectivity index (χ1v) is 10.2. The van der Waals surface area contributed by atoms with Crippen LogP contribution in [0.25, 0.3) is 11.4 Å². The van der Waals surface area contributed by atoms with E-state index >= 15 is 0 Å². The molecule has 4 rings (SSSR count). The highest BCUT2D eigenvalue weighted by Gasteiger charge is 2.23. The van der Waals surface area contributed by atoms with Crippen molar-refractivity contribution in [3.05, 3.63) is 65.5 Å². The largest absolute Gasteiger partial charge is 0.343 e. The first-order valence-electron chi connectivity index (χ1n) is 10.2. The molecule has 1 fully saturated rings. The van der Waals surface area contributed by atoms with Crippen LogP contribution in [0.3, 0.4) is 0 Å². The first-order chi connectivity index (χ1) is 14.6. The summed E-state index contributed by atoms with van der Waals surface area (Å²) in [6.07, 6.45) is 4.60. The lowest BCUT2D eigenvalue weighted by atomic mass is 10.1. The predicted octanol–water partition coefficient (Wildman–Crippen LogP) is 4.07. The van der Waals surface area contributed by atoms with Gasteiger partial charge in [-0.3, -0.25) is 9.59 Å². The van der Waals surface area contributed by atoms with Gasteiger partial charge in [-0.05, 0) is 44.0 Å². The van der Waals surface area contributed by atoms with Crippen molar-refractivity contribution in [1.82, 2.24) is 15.5 Å². The third kappa shape index (κ3) is 4.74. The molecular formula is C23H24N4O3. The summed E-state index contributed by atoms with van der Waals surface area (Å²) in [5.74, 6) is 0.989. The summed E-state index contributed by atoms with van der Waals surface area (Å²) in [6, 6.07) is 14.4. The van der Waals surface area contributed by atoms with Crippen molar-refractivity contribution >= 4 is 17.5 Å². The van der Waals surface area contributed by atoms with E-state index in [1.807, 2.05) is 31.2 Å². The van der Waals surface area contributed by atoms with E-state index in [1.54, 1.807) is 24.3 Å². The molecule has 1 heterocycles. The molecule has 2 N–H and O–H groups in total. The molecule has 7 nitrogen and oxygen atoms in total. The Morgan fingerprint density at radius 3 is 2.43 bits per heavy atom. The van der Waals surface area contributed by atoms with Crippen LogP contribution < -0.4 is 10.6 Å². The fourth-order valence-electron chi connectivity index (χ4n) is 3.57. The summed E-state index contributed by atoms with van der Waals surface area (Å²) in [5.41, 5.74) is 3.06. The second-order valence-corrected chi connectivity index (χ2v) is 7.61. The molecule has 3 aromatic rings. The van der Waals surface area contributed by atoms with Gasteiger partial charge in [0.25, 0.3) is 5.91 Å². The molecule has 1 aliphatic rings. The van der Waals surface area contributed by atoms with Crippen LogP contribution in [0.15, 0.2) is 53.1 Å². The number of rotatable bonds is 6. The van der Waals surface area contributed by atoms with Gasteiger partial charge >= 0.3 is 0 Å². The van der Waals surface area contributed by atoms with Crippen LogP contribution in [0.1, 0.15) is 53.4 Å². The molecule has 1 aromatic heterocycles. The van der Waals surface area contributed by atoms with Crippen LogP contribution >= 0.6 is 0 Å². The number of benzene rings is 2. The SMILES string of the molecule is Cc1ccc(NC(=O)CNC(=O)c2ccc(-c3noc(C4CCCC4)n3)cc2)cc1. The van der Waals surface area contributed by atoms with Crippen molar-refractivity contribution in [2.75, 3.05) is 11.9 Å². The van der Waals surface area contributed by atoms with Crippen LogP contribution in [-0.4, -0.2) is 28.5 Å². The highest BCUT2D eigenvalue weighted by atomic mass is 16.5. The maximum absolute atomic E-state index is 12.3. The predicted molar refractivity (Wildman–Crippen MR) is 113 cm³/mol. The third-order valence-electron chi connectivity index (χ3n) is 5.30. The van der Waals surface area contributed by atoms with E-state index < -0.39 is 0 Å². The van der Waals surface area contributed by atoms with Crippen LogP contribution in [0.4, 0.5) is 5.69 Å². The van der Waals surface area contributed by atoms with Gasteiger partial charge in [-0.15, -0.1) is 0 Å². The number of nitrogens with one attached hydrogen (secondary N) is 2. The Balaban J connectivity index is 1.31. The highest BCUT2D eigenvalue weighted by Crippen LogP contribution is 2.33. The Morgan fingerprint density at radius 1 is 1.03 bits per heavy atom. The quantitative estimate of drug-likeness (QED) is 0.645. The number of hydrogen-bond donors (Lipinski definition) is 2. The fourth-order valence-corrected chi connectivity index (χ4v) is 3.57. The number of amides is 2. The van der Waals surface area contributed by atoms with Gasteiger partial charge in [-0.25, -0.2) is 0 Å². The van der Waals surface area contributed by atoms with E-state index in [4.69, 9.17) is 4.52 Å². The summed E-state index contributed by atoms with van der Waals surface area (Å²) < 4.78 is 5.42. The maximum atomic E-state index is 12.3. The van der Waals surface area contributed by atoms with E-state index in [0.717, 1.165) is 24.0 Å². The van der Waals surface area contributed by atoms with Gasteiger partial charge < -0.3 is 15.2 Å². The second kappa shape index (κ2) is 8.90. The number of aryl methyl sites for hydroxylation is 1. The lowest BCUT2D eigenvalue weighted by Gasteiger charge is -2.07. The smallest absolute Gasteiger partial charge is 0.251 e. The standard InChI is InChI=1S/C23H24N4O3/c1-15-6-12-19(13-7-15)25-20(28)14-24-22(29)17-10-8-16(9-11-17)21-26-23(30-27-21)18-4-2-3-5-18/h6-13,18H,2-5,14H2,1H3,(H,24,29)(H,25,28). The van der Waals surface area contributed by atoms with Crippen LogP contribution in [0, 0.1) is 6.92 Å². The molecule has 7 heteroatoms. The van der Waals surface area contributed by atoms with Crippen LogP contribution in [0.2, 0.25) is 0 Å². The van der Waals surface area contributed by atoms with Crippen molar-refractivity contribution in [1.29, 1.82) is 0 Å². The highest BCUT2D eigenvalue weighted by molar-refractivity contribution is 5.99. The topological polar surface area (TPSA) is 97.1 Å². The summed E-state index contributed by atoms with van der Waals surface area (Å²) >= 11 is 0. The zero-order valence-electron chi connectivity index (χ0n) is 16.9. The number of aromatic nitrogens is 2. The summed E-state index contributed by atoms with van der Waals surface area (Å²) in [4.78, 5) is 28.9. The van der Waals surface area contributed by atoms with Crippen LogP contribution in [0.5, 0.6) is 0 Å². The van der Waals surface area contributed by atoms with Gasteiger partial charge in [-0.1, -0.05) is 47.8 Å². The maximum Gasteiger partial charge on any atom is 0.251 e. The van der Waals surface area contributed by atoms with Gasteiger partial charge in [0.15, 0.2) is 0 Å². The summed E-state index contributed by atoms with van der Waals surface area (Å²) in [7, 11) is 0. The number of carbonyl (C=O) groups excluding carboxylic acids is 2. The molecule has 0 spiro atoms. The van der Waals surface area contributed by atoms with Crippen molar-refractivity contribution in [3.8, 4) is 11.4 Å². The van der Waals surface area contributed by atoms with Crippen molar-refractivity contribution in [2.45, 2.75) is 38.5 Å². The molecule has 1 saturated carbocycles. The molecule has 0 saturated heterocycles. The number of hydrogen-bond acceptors (Lipinski definition) is 5. The average Bonchev–Trinajstić information content (AvgIpc) is 3.46. The van der Waals surface area contributed by atoms with Gasteiger partial charge in [-0.2, -0.15) is 4.98 Å². The van der Waals surface area contributed by atoms with Crippen molar-refractivity contribution in [3.63, 3.8) is 0 Å². The average molecular weight is 404 g/mol. The lowest BCUT2D eigenvalue weighted by molar-refractivity contribution is -0.115. The minimum atomic E-state index is -0.319. The van der Waals surface area contributed by atoms with E-state index in [-0.39, 0.29) is 18.4 Å². The van der Waals surface area contributed by atoms with E-state index in [0.29, 0.717) is 28.9 Å². The molecule has 1 aliphatic carbocycles. The zero-order valence-corrected chi connectivity index (χ0v) is 16.9. The molecule has 0 bridgehead atoms. The molecular weight excluding hydrogens is 380 g/mol. The van der Waals surface area contributed by atoms with Crippen molar-refractivity contribution < 1.29 is 14.1 Å².